The van der Waals surface area contributed by atoms with Crippen LogP contribution >= 0.6 is 44.1 Å². The molecule has 0 heterocycles. The third-order valence-electron chi connectivity index (χ3n) is 4.13. The fourth-order valence-corrected chi connectivity index (χ4v) is 3.77. The van der Waals surface area contributed by atoms with Crippen LogP contribution in [-0.4, -0.2) is 30.6 Å². The summed E-state index contributed by atoms with van der Waals surface area (Å²) in [5.41, 5.74) is 5.29. The smallest absolute Gasteiger partial charge is 0.269 e. The van der Waals surface area contributed by atoms with Crippen molar-refractivity contribution in [2.45, 2.75) is 0 Å². The number of amides is 2. The Balaban J connectivity index is 1.48. The predicted octanol–water partition coefficient (Wildman–Crippen LogP) is 4.09. The highest BCUT2D eigenvalue weighted by Crippen LogP contribution is 2.34. The van der Waals surface area contributed by atoms with Crippen molar-refractivity contribution in [1.29, 1.82) is 0 Å². The van der Waals surface area contributed by atoms with Crippen LogP contribution in [0.2, 0.25) is 0 Å². The zero-order valence-electron chi connectivity index (χ0n) is 16.2. The maximum Gasteiger partial charge on any atom is 0.269 e. The molecule has 0 unspecified atom stereocenters. The lowest BCUT2D eigenvalue weighted by Crippen LogP contribution is -2.49. The summed E-state index contributed by atoms with van der Waals surface area (Å²) in [5, 5.41) is 4.36. The minimum Gasteiger partial charge on any atom is -0.497 e. The lowest BCUT2D eigenvalue weighted by atomic mass is 10.1. The molecule has 0 radical (unpaired) electrons. The van der Waals surface area contributed by atoms with Gasteiger partial charge in [0.15, 0.2) is 11.7 Å². The van der Waals surface area contributed by atoms with Gasteiger partial charge in [-0.25, -0.2) is 0 Å². The number of hydrogen-bond acceptors (Lipinski definition) is 5. The Morgan fingerprint density at radius 1 is 1.00 bits per heavy atom. The van der Waals surface area contributed by atoms with Crippen LogP contribution in [0.5, 0.6) is 11.5 Å². The van der Waals surface area contributed by atoms with Crippen LogP contribution in [0.3, 0.4) is 0 Å². The minimum atomic E-state index is -0.473. The van der Waals surface area contributed by atoms with E-state index in [0.717, 1.165) is 19.7 Å². The SMILES string of the molecule is COc1ccc(C(=O)NNC(=S)NC(=O)COc2ccc3cc(Br)ccc3c2Br)cc1. The maximum atomic E-state index is 12.1. The fourth-order valence-electron chi connectivity index (χ4n) is 2.62. The molecule has 0 atom stereocenters. The molecule has 3 aromatic carbocycles. The van der Waals surface area contributed by atoms with Crippen LogP contribution in [0.1, 0.15) is 10.4 Å². The molecule has 160 valence electrons. The van der Waals surface area contributed by atoms with Gasteiger partial charge in [-0.1, -0.05) is 28.1 Å². The molecular weight excluding hydrogens is 550 g/mol. The zero-order valence-corrected chi connectivity index (χ0v) is 20.2. The first kappa shape index (κ1) is 23.0. The molecule has 0 bridgehead atoms. The molecule has 7 nitrogen and oxygen atoms in total. The third-order valence-corrected chi connectivity index (χ3v) is 5.65. The standard InChI is InChI=1S/C21H17Br2N3O4S/c1-29-15-6-2-12(3-7-15)20(28)25-26-21(31)24-18(27)11-30-17-9-4-13-10-14(22)5-8-16(13)19(17)23/h2-10H,11H2,1H3,(H,25,28)(H2,24,26,27,31). The van der Waals surface area contributed by atoms with Crippen molar-refractivity contribution in [2.24, 2.45) is 0 Å². The first-order valence-corrected chi connectivity index (χ1v) is 10.9. The Labute approximate surface area is 200 Å². The van der Waals surface area contributed by atoms with E-state index in [2.05, 4.69) is 48.0 Å². The Bertz CT molecular complexity index is 1140. The number of thiocarbonyl (C=S) groups is 1. The summed E-state index contributed by atoms with van der Waals surface area (Å²) in [6.07, 6.45) is 0. The number of benzene rings is 3. The number of hydrazine groups is 1. The predicted molar refractivity (Wildman–Crippen MR) is 129 cm³/mol. The zero-order chi connectivity index (χ0) is 22.4. The van der Waals surface area contributed by atoms with E-state index in [1.165, 1.54) is 0 Å². The maximum absolute atomic E-state index is 12.1. The first-order chi connectivity index (χ1) is 14.9. The molecule has 0 aromatic heterocycles. The number of nitrogens with one attached hydrogen (secondary N) is 3. The van der Waals surface area contributed by atoms with Gasteiger partial charge in [0.2, 0.25) is 0 Å². The average molecular weight is 567 g/mol. The highest BCUT2D eigenvalue weighted by molar-refractivity contribution is 9.11. The van der Waals surface area contributed by atoms with E-state index in [-0.39, 0.29) is 11.7 Å². The molecule has 31 heavy (non-hydrogen) atoms. The van der Waals surface area contributed by atoms with Gasteiger partial charge in [0, 0.05) is 10.0 Å². The van der Waals surface area contributed by atoms with Crippen molar-refractivity contribution >= 4 is 71.8 Å². The number of carbonyl (C=O) groups excluding carboxylic acids is 2. The summed E-state index contributed by atoms with van der Waals surface area (Å²) in [6.45, 7) is -0.255. The second kappa shape index (κ2) is 10.6. The van der Waals surface area contributed by atoms with Gasteiger partial charge in [0.1, 0.15) is 11.5 Å². The van der Waals surface area contributed by atoms with Crippen LogP contribution in [0.15, 0.2) is 63.5 Å². The Hall–Kier alpha value is -2.69. The van der Waals surface area contributed by atoms with Crippen LogP contribution in [0.4, 0.5) is 0 Å². The molecule has 10 heteroatoms. The summed E-state index contributed by atoms with van der Waals surface area (Å²) in [7, 11) is 1.54. The van der Waals surface area contributed by atoms with Crippen molar-refractivity contribution < 1.29 is 19.1 Å². The molecule has 3 rings (SSSR count). The largest absolute Gasteiger partial charge is 0.497 e. The molecule has 2 amide bonds. The van der Waals surface area contributed by atoms with Gasteiger partial charge in [-0.3, -0.25) is 25.8 Å². The fraction of sp³-hybridized carbons (Fsp3) is 0.0952. The number of methoxy groups -OCH3 is 1. The number of carbonyl (C=O) groups is 2. The number of rotatable bonds is 5. The van der Waals surface area contributed by atoms with E-state index in [1.807, 2.05) is 24.3 Å². The summed E-state index contributed by atoms with van der Waals surface area (Å²) in [5.74, 6) is 0.274. The molecule has 0 spiro atoms. The number of ether oxygens (including phenoxy) is 2. The van der Waals surface area contributed by atoms with Crippen molar-refractivity contribution in [2.75, 3.05) is 13.7 Å². The summed E-state index contributed by atoms with van der Waals surface area (Å²) in [6, 6.07) is 16.1. The molecule has 0 saturated carbocycles. The van der Waals surface area contributed by atoms with E-state index in [4.69, 9.17) is 21.7 Å². The van der Waals surface area contributed by atoms with Crippen molar-refractivity contribution in [3.05, 3.63) is 69.1 Å². The Morgan fingerprint density at radius 2 is 1.74 bits per heavy atom. The van der Waals surface area contributed by atoms with Gasteiger partial charge in [-0.15, -0.1) is 0 Å². The Kier molecular flexibility index (Phi) is 7.83. The second-order valence-electron chi connectivity index (χ2n) is 6.22. The van der Waals surface area contributed by atoms with Crippen LogP contribution in [-0.2, 0) is 4.79 Å². The van der Waals surface area contributed by atoms with Gasteiger partial charge < -0.3 is 9.47 Å². The molecular formula is C21H17Br2N3O4S. The Morgan fingerprint density at radius 3 is 2.45 bits per heavy atom. The summed E-state index contributed by atoms with van der Waals surface area (Å²) < 4.78 is 12.4. The quantitative estimate of drug-likeness (QED) is 0.318. The molecule has 0 saturated heterocycles. The van der Waals surface area contributed by atoms with Crippen molar-refractivity contribution in [3.63, 3.8) is 0 Å². The minimum absolute atomic E-state index is 0.0575. The highest BCUT2D eigenvalue weighted by Gasteiger charge is 2.11. The molecule has 0 fully saturated rings. The van der Waals surface area contributed by atoms with Crippen LogP contribution in [0.25, 0.3) is 10.8 Å². The van der Waals surface area contributed by atoms with Gasteiger partial charge in [0.25, 0.3) is 11.8 Å². The summed E-state index contributed by atoms with van der Waals surface area (Å²) in [4.78, 5) is 24.2. The van der Waals surface area contributed by atoms with Crippen molar-refractivity contribution in [3.8, 4) is 11.5 Å². The molecule has 0 aliphatic carbocycles. The van der Waals surface area contributed by atoms with E-state index >= 15 is 0 Å². The second-order valence-corrected chi connectivity index (χ2v) is 8.33. The van der Waals surface area contributed by atoms with Gasteiger partial charge in [0.05, 0.1) is 11.6 Å². The molecule has 3 aromatic rings. The van der Waals surface area contributed by atoms with Gasteiger partial charge >= 0.3 is 0 Å². The highest BCUT2D eigenvalue weighted by atomic mass is 79.9. The lowest BCUT2D eigenvalue weighted by Gasteiger charge is -2.13. The molecule has 0 aliphatic heterocycles. The van der Waals surface area contributed by atoms with E-state index in [1.54, 1.807) is 37.4 Å². The van der Waals surface area contributed by atoms with Gasteiger partial charge in [-0.2, -0.15) is 0 Å². The summed E-state index contributed by atoms with van der Waals surface area (Å²) >= 11 is 12.0. The number of halogens is 2. The van der Waals surface area contributed by atoms with E-state index in [9.17, 15) is 9.59 Å². The monoisotopic (exact) mass is 565 g/mol. The average Bonchev–Trinajstić information content (AvgIpc) is 2.77. The topological polar surface area (TPSA) is 88.7 Å². The van der Waals surface area contributed by atoms with E-state index < -0.39 is 11.8 Å². The van der Waals surface area contributed by atoms with Crippen LogP contribution < -0.4 is 25.6 Å². The normalized spacial score (nSPS) is 10.3. The third kappa shape index (κ3) is 6.16. The first-order valence-electron chi connectivity index (χ1n) is 8.92. The molecule has 3 N–H and O–H groups in total. The van der Waals surface area contributed by atoms with Crippen LogP contribution in [0, 0.1) is 0 Å². The number of fused-ring (bicyclic) bond motifs is 1. The number of hydrogen-bond donors (Lipinski definition) is 3. The van der Waals surface area contributed by atoms with Crippen molar-refractivity contribution in [1.82, 2.24) is 16.2 Å². The lowest BCUT2D eigenvalue weighted by molar-refractivity contribution is -0.121. The molecule has 0 aliphatic rings. The van der Waals surface area contributed by atoms with Gasteiger partial charge in [-0.05, 0) is 81.4 Å². The van der Waals surface area contributed by atoms with E-state index in [0.29, 0.717) is 17.1 Å².